The van der Waals surface area contributed by atoms with Gasteiger partial charge in [0, 0.05) is 16.3 Å². The van der Waals surface area contributed by atoms with Crippen molar-refractivity contribution in [2.45, 2.75) is 13.0 Å². The average Bonchev–Trinajstić information content (AvgIpc) is 3.29. The molecule has 1 N–H and O–H groups in total. The lowest BCUT2D eigenvalue weighted by atomic mass is 9.93. The second-order valence-electron chi connectivity index (χ2n) is 9.41. The zero-order chi connectivity index (χ0) is 26.5. The van der Waals surface area contributed by atoms with Gasteiger partial charge in [-0.3, -0.25) is 0 Å². The molecule has 4 aromatic carbocycles. The number of benzene rings is 4. The summed E-state index contributed by atoms with van der Waals surface area (Å²) in [6, 6.07) is 31.7. The molecule has 2 aliphatic heterocycles. The summed E-state index contributed by atoms with van der Waals surface area (Å²) in [4.78, 5) is 12.3. The van der Waals surface area contributed by atoms with Crippen LogP contribution in [0.4, 0.5) is 27.3 Å². The largest absolute Gasteiger partial charge is 0.337 e. The number of hydrogen-bond acceptors (Lipinski definition) is 5. The van der Waals surface area contributed by atoms with Gasteiger partial charge in [-0.05, 0) is 67.1 Å². The molecular weight excluding hydrogens is 511 g/mol. The standard InChI is InChI=1S/C31H22ClFN6/c1-19-27-28(20-14-16-22(33)17-15-20)38-26-13-6-5-12-25(26)35-29(34-23-9-7-8-21(32)18-23)31(38)36-30(27)39(37-19)24-10-3-2-4-11-24/h2-18,28H,1H3,(H,34,35). The Morgan fingerprint density at radius 3 is 2.41 bits per heavy atom. The SMILES string of the molecule is Cc1nn(-c2ccccc2)c2c1C(c1ccc(F)cc1)N1C(=N2)C(Nc2cccc(Cl)c2)=Nc2ccccc21. The Balaban J connectivity index is 1.50. The maximum absolute atomic E-state index is 14.1. The fourth-order valence-electron chi connectivity index (χ4n) is 5.21. The highest BCUT2D eigenvalue weighted by molar-refractivity contribution is 6.51. The van der Waals surface area contributed by atoms with E-state index in [4.69, 9.17) is 26.7 Å². The molecule has 0 aliphatic carbocycles. The molecule has 1 aromatic heterocycles. The van der Waals surface area contributed by atoms with Crippen LogP contribution in [-0.4, -0.2) is 21.5 Å². The summed E-state index contributed by atoms with van der Waals surface area (Å²) in [5, 5.41) is 8.98. The number of aromatic nitrogens is 2. The Bertz CT molecular complexity index is 1780. The third-order valence-corrected chi connectivity index (χ3v) is 7.15. The molecule has 0 spiro atoms. The van der Waals surface area contributed by atoms with E-state index < -0.39 is 0 Å². The number of nitrogens with zero attached hydrogens (tertiary/aromatic N) is 5. The molecule has 0 fully saturated rings. The number of nitrogens with one attached hydrogen (secondary N) is 1. The fourth-order valence-corrected chi connectivity index (χ4v) is 5.40. The summed E-state index contributed by atoms with van der Waals surface area (Å²) < 4.78 is 15.9. The van der Waals surface area contributed by atoms with Crippen molar-refractivity contribution in [3.63, 3.8) is 0 Å². The van der Waals surface area contributed by atoms with Gasteiger partial charge in [0.15, 0.2) is 17.5 Å². The van der Waals surface area contributed by atoms with Gasteiger partial charge in [0.1, 0.15) is 5.82 Å². The first kappa shape index (κ1) is 23.4. The van der Waals surface area contributed by atoms with Crippen molar-refractivity contribution in [3.8, 4) is 5.69 Å². The summed E-state index contributed by atoms with van der Waals surface area (Å²) in [6.07, 6.45) is 0. The Morgan fingerprint density at radius 1 is 0.846 bits per heavy atom. The van der Waals surface area contributed by atoms with E-state index in [2.05, 4.69) is 10.2 Å². The van der Waals surface area contributed by atoms with Gasteiger partial charge in [0.25, 0.3) is 0 Å². The minimum atomic E-state index is -0.321. The number of amidine groups is 2. The minimum absolute atomic E-state index is 0.288. The molecule has 0 amide bonds. The number of aliphatic imine (C=N–C) groups is 2. The number of aryl methyl sites for hydroxylation is 1. The van der Waals surface area contributed by atoms with Crippen molar-refractivity contribution in [3.05, 3.63) is 131 Å². The summed E-state index contributed by atoms with van der Waals surface area (Å²) >= 11 is 6.29. The molecule has 0 radical (unpaired) electrons. The summed E-state index contributed by atoms with van der Waals surface area (Å²) in [5.41, 5.74) is 6.10. The van der Waals surface area contributed by atoms with Crippen molar-refractivity contribution >= 4 is 46.2 Å². The zero-order valence-corrected chi connectivity index (χ0v) is 21.6. The van der Waals surface area contributed by atoms with Crippen LogP contribution < -0.4 is 10.2 Å². The van der Waals surface area contributed by atoms with Crippen LogP contribution in [0.1, 0.15) is 22.9 Å². The molecule has 0 saturated heterocycles. The van der Waals surface area contributed by atoms with E-state index in [-0.39, 0.29) is 11.9 Å². The molecule has 5 aromatic rings. The lowest BCUT2D eigenvalue weighted by molar-refractivity contribution is 0.626. The van der Waals surface area contributed by atoms with E-state index in [1.807, 2.05) is 103 Å². The van der Waals surface area contributed by atoms with E-state index in [0.29, 0.717) is 22.5 Å². The molecular formula is C31H22ClFN6. The van der Waals surface area contributed by atoms with E-state index in [0.717, 1.165) is 39.6 Å². The van der Waals surface area contributed by atoms with E-state index in [1.165, 1.54) is 12.1 Å². The van der Waals surface area contributed by atoms with Gasteiger partial charge in [-0.2, -0.15) is 5.10 Å². The van der Waals surface area contributed by atoms with Crippen LogP contribution >= 0.6 is 11.6 Å². The van der Waals surface area contributed by atoms with Gasteiger partial charge in [0.05, 0.1) is 28.8 Å². The number of hydrogen-bond donors (Lipinski definition) is 1. The van der Waals surface area contributed by atoms with Crippen LogP contribution in [0.3, 0.4) is 0 Å². The van der Waals surface area contributed by atoms with Crippen LogP contribution in [0.25, 0.3) is 5.69 Å². The number of rotatable bonds is 3. The van der Waals surface area contributed by atoms with Crippen molar-refractivity contribution in [1.29, 1.82) is 0 Å². The summed E-state index contributed by atoms with van der Waals surface area (Å²) in [5.74, 6) is 1.63. The average molecular weight is 533 g/mol. The number of anilines is 2. The Hall–Kier alpha value is -4.75. The molecule has 0 bridgehead atoms. The van der Waals surface area contributed by atoms with Gasteiger partial charge in [-0.1, -0.05) is 60.1 Å². The van der Waals surface area contributed by atoms with E-state index >= 15 is 0 Å². The van der Waals surface area contributed by atoms with Gasteiger partial charge in [-0.15, -0.1) is 0 Å². The summed E-state index contributed by atoms with van der Waals surface area (Å²) in [6.45, 7) is 1.99. The third-order valence-electron chi connectivity index (χ3n) is 6.91. The molecule has 39 heavy (non-hydrogen) atoms. The molecule has 2 aliphatic rings. The van der Waals surface area contributed by atoms with Crippen LogP contribution in [0, 0.1) is 12.7 Å². The molecule has 6 nitrogen and oxygen atoms in total. The molecule has 3 heterocycles. The van der Waals surface area contributed by atoms with Crippen LogP contribution in [-0.2, 0) is 0 Å². The molecule has 190 valence electrons. The lowest BCUT2D eigenvalue weighted by Crippen LogP contribution is -2.46. The van der Waals surface area contributed by atoms with Crippen molar-refractivity contribution < 1.29 is 4.39 Å². The number of para-hydroxylation sites is 3. The first-order chi connectivity index (χ1) is 19.1. The Labute approximate surface area is 229 Å². The predicted octanol–water partition coefficient (Wildman–Crippen LogP) is 7.77. The van der Waals surface area contributed by atoms with Gasteiger partial charge in [-0.25, -0.2) is 19.1 Å². The second-order valence-corrected chi connectivity index (χ2v) is 9.85. The van der Waals surface area contributed by atoms with Gasteiger partial charge >= 0.3 is 0 Å². The van der Waals surface area contributed by atoms with E-state index in [9.17, 15) is 4.39 Å². The quantitative estimate of drug-likeness (QED) is 0.258. The topological polar surface area (TPSA) is 57.8 Å². The minimum Gasteiger partial charge on any atom is -0.337 e. The molecule has 1 unspecified atom stereocenters. The number of fused-ring (bicyclic) bond motifs is 4. The lowest BCUT2D eigenvalue weighted by Gasteiger charge is -2.40. The van der Waals surface area contributed by atoms with Crippen LogP contribution in [0.5, 0.6) is 0 Å². The van der Waals surface area contributed by atoms with Crippen molar-refractivity contribution in [1.82, 2.24) is 9.78 Å². The maximum atomic E-state index is 14.1. The van der Waals surface area contributed by atoms with Gasteiger partial charge < -0.3 is 10.2 Å². The van der Waals surface area contributed by atoms with E-state index in [1.54, 1.807) is 0 Å². The maximum Gasteiger partial charge on any atom is 0.179 e. The molecule has 7 rings (SSSR count). The molecule has 0 saturated carbocycles. The highest BCUT2D eigenvalue weighted by Gasteiger charge is 2.41. The van der Waals surface area contributed by atoms with Crippen molar-refractivity contribution in [2.75, 3.05) is 10.2 Å². The molecule has 1 atom stereocenters. The van der Waals surface area contributed by atoms with Gasteiger partial charge in [0.2, 0.25) is 0 Å². The predicted molar refractivity (Wildman–Crippen MR) is 155 cm³/mol. The first-order valence-corrected chi connectivity index (χ1v) is 12.9. The Kier molecular flexibility index (Phi) is 5.52. The highest BCUT2D eigenvalue weighted by Crippen LogP contribution is 2.48. The normalized spacial score (nSPS) is 15.6. The van der Waals surface area contributed by atoms with Crippen LogP contribution in [0.15, 0.2) is 113 Å². The second kappa shape index (κ2) is 9.22. The Morgan fingerprint density at radius 2 is 1.62 bits per heavy atom. The van der Waals surface area contributed by atoms with Crippen LogP contribution in [0.2, 0.25) is 5.02 Å². The highest BCUT2D eigenvalue weighted by atomic mass is 35.5. The fraction of sp³-hybridized carbons (Fsp3) is 0.0645. The molecule has 8 heteroatoms. The number of halogens is 2. The smallest absolute Gasteiger partial charge is 0.179 e. The first-order valence-electron chi connectivity index (χ1n) is 12.6. The summed E-state index contributed by atoms with van der Waals surface area (Å²) in [7, 11) is 0. The zero-order valence-electron chi connectivity index (χ0n) is 20.9. The van der Waals surface area contributed by atoms with Crippen molar-refractivity contribution in [2.24, 2.45) is 9.98 Å². The third kappa shape index (κ3) is 3.99. The monoisotopic (exact) mass is 532 g/mol.